The van der Waals surface area contributed by atoms with E-state index >= 15 is 0 Å². The van der Waals surface area contributed by atoms with Crippen molar-refractivity contribution in [3.63, 3.8) is 0 Å². The highest BCUT2D eigenvalue weighted by atomic mass is 16.5. The Kier molecular flexibility index (Phi) is 5.78. The topological polar surface area (TPSA) is 95.9 Å². The van der Waals surface area contributed by atoms with Gasteiger partial charge < -0.3 is 20.3 Å². The van der Waals surface area contributed by atoms with Crippen molar-refractivity contribution in [1.82, 2.24) is 0 Å². The van der Waals surface area contributed by atoms with Crippen LogP contribution < -0.4 is 10.1 Å². The van der Waals surface area contributed by atoms with Crippen LogP contribution in [0.25, 0.3) is 0 Å². The number of aromatic carboxylic acids is 1. The maximum atomic E-state index is 11.9. The zero-order valence-corrected chi connectivity index (χ0v) is 13.3. The van der Waals surface area contributed by atoms with Gasteiger partial charge in [-0.15, -0.1) is 0 Å². The maximum absolute atomic E-state index is 11.9. The van der Waals surface area contributed by atoms with Crippen LogP contribution in [-0.2, 0) is 4.79 Å². The molecule has 1 amide bonds. The van der Waals surface area contributed by atoms with Crippen molar-refractivity contribution < 1.29 is 24.5 Å². The van der Waals surface area contributed by atoms with Gasteiger partial charge >= 0.3 is 5.97 Å². The van der Waals surface area contributed by atoms with Gasteiger partial charge in [0.1, 0.15) is 11.5 Å². The van der Waals surface area contributed by atoms with Gasteiger partial charge in [0, 0.05) is 6.42 Å². The van der Waals surface area contributed by atoms with E-state index in [1.807, 2.05) is 31.2 Å². The predicted molar refractivity (Wildman–Crippen MR) is 89.6 cm³/mol. The molecule has 126 valence electrons. The standard InChI is InChI=1S/C18H19NO5/c1-12-5-2-3-6-16(12)24-10-4-7-17(21)19-14-11-13(18(22)23)8-9-15(14)20/h2-3,5-6,8-9,11,20H,4,7,10H2,1H3,(H,19,21)(H,22,23). The van der Waals surface area contributed by atoms with Crippen LogP contribution in [0.3, 0.4) is 0 Å². The molecular weight excluding hydrogens is 310 g/mol. The summed E-state index contributed by atoms with van der Waals surface area (Å²) in [6.07, 6.45) is 0.697. The number of rotatable bonds is 7. The monoisotopic (exact) mass is 329 g/mol. The minimum atomic E-state index is -1.13. The Morgan fingerprint density at radius 2 is 1.92 bits per heavy atom. The summed E-state index contributed by atoms with van der Waals surface area (Å²) < 4.78 is 5.60. The van der Waals surface area contributed by atoms with Gasteiger partial charge in [0.2, 0.25) is 5.91 Å². The highest BCUT2D eigenvalue weighted by Gasteiger charge is 2.10. The van der Waals surface area contributed by atoms with Gasteiger partial charge in [-0.3, -0.25) is 4.79 Å². The van der Waals surface area contributed by atoms with Gasteiger partial charge in [-0.25, -0.2) is 4.79 Å². The molecule has 0 saturated heterocycles. The van der Waals surface area contributed by atoms with E-state index in [1.165, 1.54) is 18.2 Å². The summed E-state index contributed by atoms with van der Waals surface area (Å²) in [5, 5.41) is 21.1. The Labute approximate surface area is 139 Å². The van der Waals surface area contributed by atoms with Crippen LogP contribution in [0.4, 0.5) is 5.69 Å². The Morgan fingerprint density at radius 3 is 2.62 bits per heavy atom. The molecule has 0 heterocycles. The lowest BCUT2D eigenvalue weighted by molar-refractivity contribution is -0.116. The number of aryl methyl sites for hydroxylation is 1. The summed E-state index contributed by atoms with van der Waals surface area (Å²) >= 11 is 0. The Hall–Kier alpha value is -3.02. The van der Waals surface area contributed by atoms with Gasteiger partial charge in [0.05, 0.1) is 17.9 Å². The van der Waals surface area contributed by atoms with Gasteiger partial charge in [-0.05, 0) is 43.2 Å². The maximum Gasteiger partial charge on any atom is 0.335 e. The van der Waals surface area contributed by atoms with E-state index in [0.717, 1.165) is 11.3 Å². The number of nitrogens with one attached hydrogen (secondary N) is 1. The molecule has 24 heavy (non-hydrogen) atoms. The molecule has 2 aromatic rings. The molecule has 0 bridgehead atoms. The van der Waals surface area contributed by atoms with Crippen molar-refractivity contribution in [2.45, 2.75) is 19.8 Å². The highest BCUT2D eigenvalue weighted by molar-refractivity contribution is 5.95. The number of hydrogen-bond donors (Lipinski definition) is 3. The molecule has 0 unspecified atom stereocenters. The van der Waals surface area contributed by atoms with Crippen LogP contribution in [0.1, 0.15) is 28.8 Å². The quantitative estimate of drug-likeness (QED) is 0.535. The second kappa shape index (κ2) is 8.01. The molecule has 0 aliphatic heterocycles. The predicted octanol–water partition coefficient (Wildman–Crippen LogP) is 3.20. The van der Waals surface area contributed by atoms with Crippen molar-refractivity contribution in [2.75, 3.05) is 11.9 Å². The van der Waals surface area contributed by atoms with E-state index in [9.17, 15) is 14.7 Å². The van der Waals surface area contributed by atoms with Crippen LogP contribution >= 0.6 is 0 Å². The number of hydrogen-bond acceptors (Lipinski definition) is 4. The first-order chi connectivity index (χ1) is 11.5. The molecule has 0 atom stereocenters. The lowest BCUT2D eigenvalue weighted by Gasteiger charge is -2.10. The number of anilines is 1. The van der Waals surface area contributed by atoms with E-state index in [0.29, 0.717) is 13.0 Å². The first kappa shape index (κ1) is 17.3. The number of carbonyl (C=O) groups excluding carboxylic acids is 1. The molecule has 0 saturated carbocycles. The number of aromatic hydroxyl groups is 1. The molecule has 0 fully saturated rings. The summed E-state index contributed by atoms with van der Waals surface area (Å²) in [5.41, 5.74) is 1.10. The third-order valence-electron chi connectivity index (χ3n) is 3.42. The number of phenolic OH excluding ortho intramolecular Hbond substituents is 1. The lowest BCUT2D eigenvalue weighted by Crippen LogP contribution is -2.13. The summed E-state index contributed by atoms with van der Waals surface area (Å²) in [7, 11) is 0. The molecular formula is C18H19NO5. The number of carbonyl (C=O) groups is 2. The minimum Gasteiger partial charge on any atom is -0.506 e. The molecule has 6 nitrogen and oxygen atoms in total. The van der Waals surface area contributed by atoms with Crippen molar-refractivity contribution in [1.29, 1.82) is 0 Å². The fraction of sp³-hybridized carbons (Fsp3) is 0.222. The van der Waals surface area contributed by atoms with E-state index in [2.05, 4.69) is 5.32 Å². The SMILES string of the molecule is Cc1ccccc1OCCCC(=O)Nc1cc(C(=O)O)ccc1O. The Bertz CT molecular complexity index is 742. The molecule has 0 spiro atoms. The van der Waals surface area contributed by atoms with Crippen LogP contribution in [0, 0.1) is 6.92 Å². The van der Waals surface area contributed by atoms with Gasteiger partial charge in [0.25, 0.3) is 0 Å². The normalized spacial score (nSPS) is 10.2. The van der Waals surface area contributed by atoms with Crippen molar-refractivity contribution in [3.05, 3.63) is 53.6 Å². The van der Waals surface area contributed by atoms with Crippen molar-refractivity contribution in [2.24, 2.45) is 0 Å². The van der Waals surface area contributed by atoms with E-state index < -0.39 is 5.97 Å². The average molecular weight is 329 g/mol. The van der Waals surface area contributed by atoms with Gasteiger partial charge in [-0.1, -0.05) is 18.2 Å². The summed E-state index contributed by atoms with van der Waals surface area (Å²) in [4.78, 5) is 22.8. The second-order valence-electron chi connectivity index (χ2n) is 5.30. The van der Waals surface area contributed by atoms with Crippen molar-refractivity contribution >= 4 is 17.6 Å². The average Bonchev–Trinajstić information content (AvgIpc) is 2.55. The molecule has 2 aromatic carbocycles. The number of amides is 1. The number of benzene rings is 2. The highest BCUT2D eigenvalue weighted by Crippen LogP contribution is 2.24. The largest absolute Gasteiger partial charge is 0.506 e. The summed E-state index contributed by atoms with van der Waals surface area (Å²) in [6.45, 7) is 2.33. The minimum absolute atomic E-state index is 0.00835. The van der Waals surface area contributed by atoms with E-state index in [1.54, 1.807) is 0 Å². The Balaban J connectivity index is 1.82. The first-order valence-electron chi connectivity index (χ1n) is 7.52. The lowest BCUT2D eigenvalue weighted by atomic mass is 10.2. The molecule has 3 N–H and O–H groups in total. The van der Waals surface area contributed by atoms with Crippen LogP contribution in [0.5, 0.6) is 11.5 Å². The first-order valence-corrected chi connectivity index (χ1v) is 7.52. The smallest absolute Gasteiger partial charge is 0.335 e. The van der Waals surface area contributed by atoms with E-state index in [-0.39, 0.29) is 29.3 Å². The van der Waals surface area contributed by atoms with Crippen LogP contribution in [0.2, 0.25) is 0 Å². The molecule has 6 heteroatoms. The molecule has 0 aliphatic rings. The molecule has 0 aliphatic carbocycles. The summed E-state index contributed by atoms with van der Waals surface area (Å²) in [6, 6.07) is 11.3. The van der Waals surface area contributed by atoms with Crippen LogP contribution in [0.15, 0.2) is 42.5 Å². The fourth-order valence-corrected chi connectivity index (χ4v) is 2.12. The van der Waals surface area contributed by atoms with E-state index in [4.69, 9.17) is 9.84 Å². The molecule has 0 radical (unpaired) electrons. The number of carboxylic acids is 1. The number of ether oxygens (including phenoxy) is 1. The van der Waals surface area contributed by atoms with Crippen LogP contribution in [-0.4, -0.2) is 28.7 Å². The molecule has 2 rings (SSSR count). The van der Waals surface area contributed by atoms with Gasteiger partial charge in [-0.2, -0.15) is 0 Å². The summed E-state index contributed by atoms with van der Waals surface area (Å²) in [5.74, 6) is -0.840. The van der Waals surface area contributed by atoms with Gasteiger partial charge in [0.15, 0.2) is 0 Å². The second-order valence-corrected chi connectivity index (χ2v) is 5.30. The number of carboxylic acid groups (broad SMARTS) is 1. The fourth-order valence-electron chi connectivity index (χ4n) is 2.12. The molecule has 0 aromatic heterocycles. The Morgan fingerprint density at radius 1 is 1.17 bits per heavy atom. The zero-order valence-electron chi connectivity index (χ0n) is 13.3. The third kappa shape index (κ3) is 4.74. The number of phenols is 1. The van der Waals surface area contributed by atoms with Crippen molar-refractivity contribution in [3.8, 4) is 11.5 Å². The zero-order chi connectivity index (χ0) is 17.5. The number of para-hydroxylation sites is 1. The third-order valence-corrected chi connectivity index (χ3v) is 3.42.